The normalized spacial score (nSPS) is 12.8. The van der Waals surface area contributed by atoms with Gasteiger partial charge in [-0.1, -0.05) is 77.9 Å². The van der Waals surface area contributed by atoms with Crippen molar-refractivity contribution >= 4 is 54.7 Å². The molecule has 0 radical (unpaired) electrons. The van der Waals surface area contributed by atoms with Crippen LogP contribution in [-0.2, 0) is 10.8 Å². The highest BCUT2D eigenvalue weighted by molar-refractivity contribution is 7.13. The Bertz CT molecular complexity index is 2070. The molecule has 0 bridgehead atoms. The SMILES string of the molecule is CC(C)(C)c1ccc2[nH]c3c(-c4nnc(-c5cccs5)c5cc6ccccc6cc45)cc(C(C)(C)C)cc3c2c1. The van der Waals surface area contributed by atoms with Crippen LogP contribution in [0.15, 0.2) is 84.2 Å². The number of hydrogen-bond acceptors (Lipinski definition) is 3. The van der Waals surface area contributed by atoms with E-state index in [0.29, 0.717) is 0 Å². The Hall–Kier alpha value is -4.02. The molecule has 0 spiro atoms. The Morgan fingerprint density at radius 3 is 1.90 bits per heavy atom. The Labute approximate surface area is 238 Å². The minimum atomic E-state index is -0.0268. The average molecular weight is 540 g/mol. The molecule has 0 saturated carbocycles. The molecule has 4 aromatic carbocycles. The number of fused-ring (bicyclic) bond motifs is 5. The average Bonchev–Trinajstić information content (AvgIpc) is 3.58. The summed E-state index contributed by atoms with van der Waals surface area (Å²) in [5.74, 6) is 0. The lowest BCUT2D eigenvalue weighted by atomic mass is 9.83. The van der Waals surface area contributed by atoms with Crippen molar-refractivity contribution in [3.8, 4) is 21.8 Å². The molecule has 3 nitrogen and oxygen atoms in total. The predicted molar refractivity (Wildman–Crippen MR) is 173 cm³/mol. The summed E-state index contributed by atoms with van der Waals surface area (Å²) in [5, 5.41) is 19.1. The second-order valence-corrected chi connectivity index (χ2v) is 13.9. The first-order valence-corrected chi connectivity index (χ1v) is 14.8. The number of H-pyrrole nitrogens is 1. The number of aromatic amines is 1. The van der Waals surface area contributed by atoms with Crippen molar-refractivity contribution in [3.05, 3.63) is 95.4 Å². The second-order valence-electron chi connectivity index (χ2n) is 13.0. The van der Waals surface area contributed by atoms with Crippen LogP contribution < -0.4 is 0 Å². The van der Waals surface area contributed by atoms with E-state index >= 15 is 0 Å². The molecule has 0 saturated heterocycles. The van der Waals surface area contributed by atoms with Crippen molar-refractivity contribution in [1.29, 1.82) is 0 Å². The summed E-state index contributed by atoms with van der Waals surface area (Å²) in [7, 11) is 0. The van der Waals surface area contributed by atoms with Gasteiger partial charge >= 0.3 is 0 Å². The lowest BCUT2D eigenvalue weighted by Gasteiger charge is -2.21. The highest BCUT2D eigenvalue weighted by Gasteiger charge is 2.23. The largest absolute Gasteiger partial charge is 0.354 e. The molecule has 0 atom stereocenters. The van der Waals surface area contributed by atoms with E-state index in [4.69, 9.17) is 10.2 Å². The topological polar surface area (TPSA) is 41.6 Å². The third kappa shape index (κ3) is 4.01. The Morgan fingerprint density at radius 1 is 0.600 bits per heavy atom. The number of nitrogens with zero attached hydrogens (tertiary/aromatic N) is 2. The number of aromatic nitrogens is 3. The molecule has 0 amide bonds. The Balaban J connectivity index is 1.61. The number of hydrogen-bond donors (Lipinski definition) is 1. The Morgan fingerprint density at radius 2 is 1.25 bits per heavy atom. The molecule has 40 heavy (non-hydrogen) atoms. The van der Waals surface area contributed by atoms with Gasteiger partial charge in [0.1, 0.15) is 11.4 Å². The van der Waals surface area contributed by atoms with Crippen molar-refractivity contribution in [2.45, 2.75) is 52.4 Å². The summed E-state index contributed by atoms with van der Waals surface area (Å²) in [6.07, 6.45) is 0. The van der Waals surface area contributed by atoms with Gasteiger partial charge in [0.05, 0.1) is 10.4 Å². The third-order valence-electron chi connectivity index (χ3n) is 8.10. The summed E-state index contributed by atoms with van der Waals surface area (Å²) in [6, 6.07) is 28.9. The second kappa shape index (κ2) is 8.74. The number of nitrogens with one attached hydrogen (secondary N) is 1. The van der Waals surface area contributed by atoms with Gasteiger partial charge in [-0.05, 0) is 80.6 Å². The first-order chi connectivity index (χ1) is 19.1. The van der Waals surface area contributed by atoms with Gasteiger partial charge < -0.3 is 4.98 Å². The van der Waals surface area contributed by atoms with Gasteiger partial charge in [-0.25, -0.2) is 0 Å². The highest BCUT2D eigenvalue weighted by atomic mass is 32.1. The minimum absolute atomic E-state index is 0.0268. The van der Waals surface area contributed by atoms with Crippen molar-refractivity contribution in [2.75, 3.05) is 0 Å². The van der Waals surface area contributed by atoms with E-state index in [-0.39, 0.29) is 10.8 Å². The highest BCUT2D eigenvalue weighted by Crippen LogP contribution is 2.42. The van der Waals surface area contributed by atoms with E-state index in [9.17, 15) is 0 Å². The van der Waals surface area contributed by atoms with Gasteiger partial charge in [0, 0.05) is 32.6 Å². The molecule has 198 valence electrons. The molecule has 1 N–H and O–H groups in total. The smallest absolute Gasteiger partial charge is 0.111 e. The Kier molecular flexibility index (Phi) is 5.46. The zero-order chi connectivity index (χ0) is 27.8. The number of benzene rings is 4. The number of rotatable bonds is 2. The van der Waals surface area contributed by atoms with Crippen LogP contribution >= 0.6 is 11.3 Å². The molecule has 0 aliphatic carbocycles. The van der Waals surface area contributed by atoms with Gasteiger partial charge in [-0.3, -0.25) is 0 Å². The third-order valence-corrected chi connectivity index (χ3v) is 8.97. The van der Waals surface area contributed by atoms with Gasteiger partial charge in [0.2, 0.25) is 0 Å². The van der Waals surface area contributed by atoms with Crippen LogP contribution in [0.3, 0.4) is 0 Å². The molecule has 3 heterocycles. The maximum Gasteiger partial charge on any atom is 0.111 e. The molecule has 0 aliphatic heterocycles. The van der Waals surface area contributed by atoms with Crippen LogP contribution in [0.1, 0.15) is 52.7 Å². The van der Waals surface area contributed by atoms with E-state index in [2.05, 4.69) is 131 Å². The van der Waals surface area contributed by atoms with Gasteiger partial charge in [0.15, 0.2) is 0 Å². The van der Waals surface area contributed by atoms with Gasteiger partial charge in [-0.15, -0.1) is 21.5 Å². The van der Waals surface area contributed by atoms with E-state index in [0.717, 1.165) is 43.6 Å². The first kappa shape index (κ1) is 25.0. The fourth-order valence-electron chi connectivity index (χ4n) is 5.72. The quantitative estimate of drug-likeness (QED) is 0.222. The van der Waals surface area contributed by atoms with Crippen molar-refractivity contribution in [3.63, 3.8) is 0 Å². The lowest BCUT2D eigenvalue weighted by molar-refractivity contribution is 0.590. The van der Waals surface area contributed by atoms with E-state index < -0.39 is 0 Å². The summed E-state index contributed by atoms with van der Waals surface area (Å²) in [6.45, 7) is 13.7. The van der Waals surface area contributed by atoms with E-state index in [1.165, 1.54) is 32.7 Å². The molecular formula is C36H33N3S. The fourth-order valence-corrected chi connectivity index (χ4v) is 6.44. The molecule has 0 aliphatic rings. The van der Waals surface area contributed by atoms with Crippen LogP contribution in [0.25, 0.3) is 65.2 Å². The van der Waals surface area contributed by atoms with Crippen molar-refractivity contribution in [1.82, 2.24) is 15.2 Å². The number of thiophene rings is 1. The minimum Gasteiger partial charge on any atom is -0.354 e. The maximum atomic E-state index is 4.98. The van der Waals surface area contributed by atoms with Crippen LogP contribution in [0, 0.1) is 0 Å². The fraction of sp³-hybridized carbons (Fsp3) is 0.222. The van der Waals surface area contributed by atoms with Crippen LogP contribution in [-0.4, -0.2) is 15.2 Å². The van der Waals surface area contributed by atoms with E-state index in [1.807, 2.05) is 0 Å². The first-order valence-electron chi connectivity index (χ1n) is 13.9. The van der Waals surface area contributed by atoms with Crippen molar-refractivity contribution in [2.24, 2.45) is 0 Å². The lowest BCUT2D eigenvalue weighted by Crippen LogP contribution is -2.11. The standard InChI is InChI=1S/C36H33N3S/c1-35(2,3)23-13-14-30-25(18-23)28-19-24(36(4,5)6)20-29(32(28)37-30)33-26-16-21-10-7-8-11-22(21)17-27(26)34(39-38-33)31-12-9-15-40-31/h7-20,37H,1-6H3. The van der Waals surface area contributed by atoms with Crippen LogP contribution in [0.2, 0.25) is 0 Å². The summed E-state index contributed by atoms with van der Waals surface area (Å²) in [5.41, 5.74) is 7.88. The summed E-state index contributed by atoms with van der Waals surface area (Å²) < 4.78 is 0. The van der Waals surface area contributed by atoms with Crippen LogP contribution in [0.4, 0.5) is 0 Å². The predicted octanol–water partition coefficient (Wildman–Crippen LogP) is 10.4. The zero-order valence-corrected chi connectivity index (χ0v) is 24.7. The molecule has 3 aromatic heterocycles. The molecular weight excluding hydrogens is 506 g/mol. The zero-order valence-electron chi connectivity index (χ0n) is 23.9. The molecule has 0 fully saturated rings. The molecule has 7 rings (SSSR count). The summed E-state index contributed by atoms with van der Waals surface area (Å²) >= 11 is 1.70. The molecule has 4 heteroatoms. The monoisotopic (exact) mass is 539 g/mol. The van der Waals surface area contributed by atoms with Gasteiger partial charge in [-0.2, -0.15) is 0 Å². The molecule has 7 aromatic rings. The summed E-state index contributed by atoms with van der Waals surface area (Å²) in [4.78, 5) is 4.91. The van der Waals surface area contributed by atoms with Crippen LogP contribution in [0.5, 0.6) is 0 Å². The maximum absolute atomic E-state index is 4.98. The van der Waals surface area contributed by atoms with Crippen molar-refractivity contribution < 1.29 is 0 Å². The van der Waals surface area contributed by atoms with E-state index in [1.54, 1.807) is 11.3 Å². The molecule has 0 unspecified atom stereocenters. The van der Waals surface area contributed by atoms with Gasteiger partial charge in [0.25, 0.3) is 0 Å².